The summed E-state index contributed by atoms with van der Waals surface area (Å²) in [6, 6.07) is 4.38. The first-order valence-corrected chi connectivity index (χ1v) is 3.87. The van der Waals surface area contributed by atoms with Crippen LogP contribution in [0.25, 0.3) is 0 Å². The summed E-state index contributed by atoms with van der Waals surface area (Å²) in [5, 5.41) is 17.8. The maximum absolute atomic E-state index is 10.9. The summed E-state index contributed by atoms with van der Waals surface area (Å²) in [6.45, 7) is 1.35. The average Bonchev–Trinajstić information content (AvgIpc) is 2.09. The molecule has 0 aliphatic carbocycles. The third-order valence-electron chi connectivity index (χ3n) is 1.58. The highest BCUT2D eigenvalue weighted by Crippen LogP contribution is 2.28. The fraction of sp³-hybridized carbons (Fsp3) is 0.111. The molecule has 1 aromatic rings. The number of hydrogen-bond acceptors (Lipinski definition) is 3. The molecule has 0 unspecified atom stereocenters. The Morgan fingerprint density at radius 2 is 2.23 bits per heavy atom. The molecule has 0 fully saturated rings. The van der Waals surface area contributed by atoms with Crippen LogP contribution in [0.5, 0.6) is 5.75 Å². The molecule has 0 amide bonds. The summed E-state index contributed by atoms with van der Waals surface area (Å²) in [7, 11) is 0. The number of aromatic hydroxyl groups is 1. The number of carbonyl (C=O) groups excluding carboxylic acids is 1. The first kappa shape index (κ1) is 9.56. The maximum Gasteiger partial charge on any atom is 0.159 e. The lowest BCUT2D eigenvalue weighted by Gasteiger charge is -2.01. The van der Waals surface area contributed by atoms with Gasteiger partial charge in [0, 0.05) is 5.56 Å². The Balaban J connectivity index is 3.41. The molecule has 0 saturated carbocycles. The van der Waals surface area contributed by atoms with E-state index >= 15 is 0 Å². The van der Waals surface area contributed by atoms with Gasteiger partial charge in [-0.2, -0.15) is 5.26 Å². The second kappa shape index (κ2) is 3.46. The van der Waals surface area contributed by atoms with E-state index < -0.39 is 0 Å². The molecule has 0 aliphatic rings. The summed E-state index contributed by atoms with van der Waals surface area (Å²) in [5.74, 6) is -0.464. The van der Waals surface area contributed by atoms with Gasteiger partial charge in [-0.3, -0.25) is 4.79 Å². The van der Waals surface area contributed by atoms with Crippen molar-refractivity contribution in [3.05, 3.63) is 28.3 Å². The summed E-state index contributed by atoms with van der Waals surface area (Å²) >= 11 is 5.59. The van der Waals surface area contributed by atoms with Crippen LogP contribution in [0.15, 0.2) is 12.1 Å². The molecule has 0 bridgehead atoms. The van der Waals surface area contributed by atoms with Crippen molar-refractivity contribution in [2.45, 2.75) is 6.92 Å². The predicted octanol–water partition coefficient (Wildman–Crippen LogP) is 2.12. The summed E-state index contributed by atoms with van der Waals surface area (Å²) in [6.07, 6.45) is 0. The van der Waals surface area contributed by atoms with Crippen molar-refractivity contribution in [2.24, 2.45) is 0 Å². The van der Waals surface area contributed by atoms with Crippen molar-refractivity contribution >= 4 is 17.4 Å². The summed E-state index contributed by atoms with van der Waals surface area (Å²) in [5.41, 5.74) is 0.380. The molecule has 66 valence electrons. The highest BCUT2D eigenvalue weighted by atomic mass is 35.5. The Labute approximate surface area is 80.2 Å². The van der Waals surface area contributed by atoms with E-state index in [0.29, 0.717) is 0 Å². The number of halogens is 1. The van der Waals surface area contributed by atoms with Gasteiger partial charge in [-0.05, 0) is 19.1 Å². The molecule has 3 nitrogen and oxygen atoms in total. The minimum atomic E-state index is -0.245. The Bertz CT molecular complexity index is 407. The van der Waals surface area contributed by atoms with Crippen LogP contribution >= 0.6 is 11.6 Å². The molecular weight excluding hydrogens is 190 g/mol. The molecule has 4 heteroatoms. The number of Topliss-reactive ketones (excluding diaryl/α,β-unsaturated/α-hetero) is 1. The highest BCUT2D eigenvalue weighted by molar-refractivity contribution is 6.33. The number of rotatable bonds is 1. The number of nitrogens with zero attached hydrogens (tertiary/aromatic N) is 1. The van der Waals surface area contributed by atoms with Crippen LogP contribution in [0.1, 0.15) is 22.8 Å². The second-order valence-electron chi connectivity index (χ2n) is 2.52. The van der Waals surface area contributed by atoms with Gasteiger partial charge in [0.15, 0.2) is 5.78 Å². The van der Waals surface area contributed by atoms with Gasteiger partial charge in [-0.25, -0.2) is 0 Å². The van der Waals surface area contributed by atoms with Gasteiger partial charge in [-0.1, -0.05) is 11.6 Å². The highest BCUT2D eigenvalue weighted by Gasteiger charge is 2.09. The molecular formula is C9H6ClNO2. The number of nitriles is 1. The van der Waals surface area contributed by atoms with Gasteiger partial charge in [0.25, 0.3) is 0 Å². The quantitative estimate of drug-likeness (QED) is 0.699. The molecule has 0 radical (unpaired) electrons. The first-order chi connectivity index (χ1) is 6.06. The second-order valence-corrected chi connectivity index (χ2v) is 2.90. The van der Waals surface area contributed by atoms with E-state index in [9.17, 15) is 9.90 Å². The summed E-state index contributed by atoms with van der Waals surface area (Å²) in [4.78, 5) is 10.9. The van der Waals surface area contributed by atoms with Gasteiger partial charge in [-0.15, -0.1) is 0 Å². The lowest BCUT2D eigenvalue weighted by atomic mass is 10.1. The van der Waals surface area contributed by atoms with Crippen LogP contribution in [0, 0.1) is 11.3 Å². The lowest BCUT2D eigenvalue weighted by molar-refractivity contribution is 0.101. The smallest absolute Gasteiger partial charge is 0.159 e. The van der Waals surface area contributed by atoms with Crippen LogP contribution in [-0.4, -0.2) is 10.9 Å². The van der Waals surface area contributed by atoms with Crippen LogP contribution in [0.3, 0.4) is 0 Å². The van der Waals surface area contributed by atoms with Crippen LogP contribution in [0.4, 0.5) is 0 Å². The van der Waals surface area contributed by atoms with Crippen molar-refractivity contribution in [2.75, 3.05) is 0 Å². The first-order valence-electron chi connectivity index (χ1n) is 3.50. The molecule has 0 heterocycles. The molecule has 0 atom stereocenters. The zero-order valence-corrected chi connectivity index (χ0v) is 7.59. The molecule has 1 N–H and O–H groups in total. The third kappa shape index (κ3) is 1.79. The Morgan fingerprint density at radius 3 is 2.69 bits per heavy atom. The fourth-order valence-corrected chi connectivity index (χ4v) is 1.05. The molecule has 0 spiro atoms. The minimum Gasteiger partial charge on any atom is -0.506 e. The van der Waals surface area contributed by atoms with Crippen LogP contribution in [0.2, 0.25) is 5.02 Å². The van der Waals surface area contributed by atoms with E-state index in [1.165, 1.54) is 19.1 Å². The number of hydrogen-bond donors (Lipinski definition) is 1. The molecule has 0 saturated heterocycles. The monoisotopic (exact) mass is 195 g/mol. The molecule has 0 aliphatic heterocycles. The van der Waals surface area contributed by atoms with E-state index in [2.05, 4.69) is 0 Å². The third-order valence-corrected chi connectivity index (χ3v) is 1.98. The minimum absolute atomic E-state index is 0.0208. The van der Waals surface area contributed by atoms with Crippen LogP contribution in [-0.2, 0) is 0 Å². The molecule has 1 rings (SSSR count). The van der Waals surface area contributed by atoms with E-state index in [0.717, 1.165) is 0 Å². The van der Waals surface area contributed by atoms with Crippen molar-refractivity contribution in [1.29, 1.82) is 5.26 Å². The Morgan fingerprint density at radius 1 is 1.62 bits per heavy atom. The fourth-order valence-electron chi connectivity index (χ4n) is 0.894. The summed E-state index contributed by atoms with van der Waals surface area (Å²) < 4.78 is 0. The standard InChI is InChI=1S/C9H6ClNO2/c1-5(12)6-2-7(4-11)9(10)8(13)3-6/h2-3,13H,1H3. The van der Waals surface area contributed by atoms with Gasteiger partial charge >= 0.3 is 0 Å². The van der Waals surface area contributed by atoms with E-state index in [-0.39, 0.29) is 27.7 Å². The lowest BCUT2D eigenvalue weighted by Crippen LogP contribution is -1.93. The zero-order valence-electron chi connectivity index (χ0n) is 6.84. The number of phenolic OH excluding ortho intramolecular Hbond substituents is 1. The van der Waals surface area contributed by atoms with Crippen LogP contribution < -0.4 is 0 Å². The van der Waals surface area contributed by atoms with E-state index in [1.807, 2.05) is 0 Å². The molecule has 13 heavy (non-hydrogen) atoms. The topological polar surface area (TPSA) is 61.1 Å². The van der Waals surface area contributed by atoms with E-state index in [1.54, 1.807) is 6.07 Å². The molecule has 0 aromatic heterocycles. The zero-order chi connectivity index (χ0) is 10.0. The normalized spacial score (nSPS) is 9.31. The largest absolute Gasteiger partial charge is 0.506 e. The van der Waals surface area contributed by atoms with E-state index in [4.69, 9.17) is 16.9 Å². The van der Waals surface area contributed by atoms with Gasteiger partial charge in [0.2, 0.25) is 0 Å². The average molecular weight is 196 g/mol. The number of phenols is 1. The number of ketones is 1. The SMILES string of the molecule is CC(=O)c1cc(O)c(Cl)c(C#N)c1. The van der Waals surface area contributed by atoms with Gasteiger partial charge in [0.1, 0.15) is 16.8 Å². The number of carbonyl (C=O) groups is 1. The van der Waals surface area contributed by atoms with Crippen molar-refractivity contribution < 1.29 is 9.90 Å². The van der Waals surface area contributed by atoms with Crippen molar-refractivity contribution in [3.8, 4) is 11.8 Å². The Hall–Kier alpha value is -1.53. The molecule has 1 aromatic carbocycles. The number of benzene rings is 1. The Kier molecular flexibility index (Phi) is 2.54. The predicted molar refractivity (Wildman–Crippen MR) is 47.8 cm³/mol. The maximum atomic E-state index is 10.9. The van der Waals surface area contributed by atoms with Crippen molar-refractivity contribution in [1.82, 2.24) is 0 Å². The van der Waals surface area contributed by atoms with Gasteiger partial charge < -0.3 is 5.11 Å². The van der Waals surface area contributed by atoms with Crippen molar-refractivity contribution in [3.63, 3.8) is 0 Å². The van der Waals surface area contributed by atoms with Gasteiger partial charge in [0.05, 0.1) is 5.56 Å².